The standard InChI is InChI=1S/C13H26N4O.HI/c1-3-14-13(16-12-4-5-12)15-10-11(2)17-6-8-18-9-7-17;/h11-12H,3-10H2,1-2H3,(H2,14,15,16);1H. The Labute approximate surface area is 133 Å². The van der Waals surface area contributed by atoms with Gasteiger partial charge in [-0.05, 0) is 26.7 Å². The van der Waals surface area contributed by atoms with Crippen LogP contribution in [0.25, 0.3) is 0 Å². The highest BCUT2D eigenvalue weighted by Gasteiger charge is 2.22. The summed E-state index contributed by atoms with van der Waals surface area (Å²) in [5, 5.41) is 6.75. The number of halogens is 1. The van der Waals surface area contributed by atoms with Crippen LogP contribution in [0.5, 0.6) is 0 Å². The van der Waals surface area contributed by atoms with Gasteiger partial charge in [0.2, 0.25) is 0 Å². The number of rotatable bonds is 5. The minimum absolute atomic E-state index is 0. The van der Waals surface area contributed by atoms with Crippen LogP contribution in [0.15, 0.2) is 4.99 Å². The van der Waals surface area contributed by atoms with E-state index in [1.54, 1.807) is 0 Å². The number of hydrogen-bond acceptors (Lipinski definition) is 3. The molecular weight excluding hydrogens is 355 g/mol. The second-order valence-electron chi connectivity index (χ2n) is 5.14. The molecule has 1 aliphatic carbocycles. The van der Waals surface area contributed by atoms with Crippen LogP contribution < -0.4 is 10.6 Å². The van der Waals surface area contributed by atoms with Crippen LogP contribution in [0, 0.1) is 0 Å². The Morgan fingerprint density at radius 3 is 2.63 bits per heavy atom. The molecule has 0 spiro atoms. The van der Waals surface area contributed by atoms with Crippen LogP contribution in [-0.4, -0.2) is 62.3 Å². The first-order valence-corrected chi connectivity index (χ1v) is 7.16. The predicted molar refractivity (Wildman–Crippen MR) is 89.4 cm³/mol. The van der Waals surface area contributed by atoms with Gasteiger partial charge in [0.15, 0.2) is 5.96 Å². The minimum Gasteiger partial charge on any atom is -0.379 e. The van der Waals surface area contributed by atoms with Crippen molar-refractivity contribution < 1.29 is 4.74 Å². The molecule has 1 atom stereocenters. The van der Waals surface area contributed by atoms with Crippen LogP contribution in [0.4, 0.5) is 0 Å². The monoisotopic (exact) mass is 382 g/mol. The highest BCUT2D eigenvalue weighted by molar-refractivity contribution is 14.0. The molecule has 0 radical (unpaired) electrons. The maximum absolute atomic E-state index is 5.37. The molecule has 1 saturated heterocycles. The molecular formula is C13H27IN4O. The van der Waals surface area contributed by atoms with Crippen molar-refractivity contribution in [2.24, 2.45) is 4.99 Å². The molecule has 2 N–H and O–H groups in total. The van der Waals surface area contributed by atoms with E-state index in [1.807, 2.05) is 0 Å². The van der Waals surface area contributed by atoms with Gasteiger partial charge in [0.1, 0.15) is 0 Å². The summed E-state index contributed by atoms with van der Waals surface area (Å²) < 4.78 is 5.37. The maximum atomic E-state index is 5.37. The summed E-state index contributed by atoms with van der Waals surface area (Å²) in [6.07, 6.45) is 2.56. The van der Waals surface area contributed by atoms with Gasteiger partial charge in [-0.2, -0.15) is 0 Å². The summed E-state index contributed by atoms with van der Waals surface area (Å²) in [5.41, 5.74) is 0. The zero-order valence-electron chi connectivity index (χ0n) is 12.0. The van der Waals surface area contributed by atoms with Crippen LogP contribution in [0.2, 0.25) is 0 Å². The van der Waals surface area contributed by atoms with Gasteiger partial charge in [-0.1, -0.05) is 0 Å². The van der Waals surface area contributed by atoms with E-state index < -0.39 is 0 Å². The maximum Gasteiger partial charge on any atom is 0.191 e. The molecule has 112 valence electrons. The Balaban J connectivity index is 0.00000180. The highest BCUT2D eigenvalue weighted by Crippen LogP contribution is 2.18. The quantitative estimate of drug-likeness (QED) is 0.424. The zero-order chi connectivity index (χ0) is 12.8. The van der Waals surface area contributed by atoms with Gasteiger partial charge in [-0.25, -0.2) is 0 Å². The van der Waals surface area contributed by atoms with Gasteiger partial charge >= 0.3 is 0 Å². The summed E-state index contributed by atoms with van der Waals surface area (Å²) in [5.74, 6) is 0.972. The summed E-state index contributed by atoms with van der Waals surface area (Å²) in [7, 11) is 0. The third-order valence-electron chi connectivity index (χ3n) is 3.45. The number of ether oxygens (including phenoxy) is 1. The van der Waals surface area contributed by atoms with E-state index in [0.717, 1.165) is 45.4 Å². The lowest BCUT2D eigenvalue weighted by molar-refractivity contribution is 0.0220. The van der Waals surface area contributed by atoms with Gasteiger partial charge in [0, 0.05) is 31.7 Å². The molecule has 1 saturated carbocycles. The number of guanidine groups is 1. The fourth-order valence-corrected chi connectivity index (χ4v) is 2.10. The van der Waals surface area contributed by atoms with Crippen molar-refractivity contribution >= 4 is 29.9 Å². The van der Waals surface area contributed by atoms with Crippen molar-refractivity contribution in [3.05, 3.63) is 0 Å². The predicted octanol–water partition coefficient (Wildman–Crippen LogP) is 1.04. The van der Waals surface area contributed by atoms with E-state index in [2.05, 4.69) is 34.4 Å². The molecule has 1 unspecified atom stereocenters. The first-order chi connectivity index (χ1) is 8.79. The number of aliphatic imine (C=N–C) groups is 1. The Hall–Kier alpha value is -0.0800. The smallest absolute Gasteiger partial charge is 0.191 e. The normalized spacial score (nSPS) is 22.5. The van der Waals surface area contributed by atoms with Crippen molar-refractivity contribution in [2.45, 2.75) is 38.8 Å². The van der Waals surface area contributed by atoms with E-state index in [9.17, 15) is 0 Å². The number of hydrogen-bond donors (Lipinski definition) is 2. The molecule has 2 fully saturated rings. The van der Waals surface area contributed by atoms with Gasteiger partial charge in [-0.15, -0.1) is 24.0 Å². The Kier molecular flexibility index (Phi) is 8.01. The molecule has 19 heavy (non-hydrogen) atoms. The molecule has 1 aliphatic heterocycles. The third kappa shape index (κ3) is 6.27. The van der Waals surface area contributed by atoms with Crippen LogP contribution in [0.1, 0.15) is 26.7 Å². The topological polar surface area (TPSA) is 48.9 Å². The third-order valence-corrected chi connectivity index (χ3v) is 3.45. The first-order valence-electron chi connectivity index (χ1n) is 7.16. The molecule has 0 bridgehead atoms. The number of nitrogens with zero attached hydrogens (tertiary/aromatic N) is 2. The van der Waals surface area contributed by atoms with Crippen molar-refractivity contribution in [1.82, 2.24) is 15.5 Å². The number of morpholine rings is 1. The fraction of sp³-hybridized carbons (Fsp3) is 0.923. The van der Waals surface area contributed by atoms with E-state index in [4.69, 9.17) is 4.74 Å². The lowest BCUT2D eigenvalue weighted by atomic mass is 10.2. The van der Waals surface area contributed by atoms with Crippen LogP contribution in [0.3, 0.4) is 0 Å². The fourth-order valence-electron chi connectivity index (χ4n) is 2.10. The summed E-state index contributed by atoms with van der Waals surface area (Å²) >= 11 is 0. The molecule has 2 rings (SSSR count). The van der Waals surface area contributed by atoms with Crippen molar-refractivity contribution in [3.8, 4) is 0 Å². The SMILES string of the molecule is CCNC(=NCC(C)N1CCOCC1)NC1CC1.I. The molecule has 1 heterocycles. The average molecular weight is 382 g/mol. The molecule has 0 aromatic carbocycles. The van der Waals surface area contributed by atoms with Gasteiger partial charge in [0.25, 0.3) is 0 Å². The Morgan fingerprint density at radius 2 is 2.05 bits per heavy atom. The van der Waals surface area contributed by atoms with Crippen molar-refractivity contribution in [1.29, 1.82) is 0 Å². The molecule has 2 aliphatic rings. The minimum atomic E-state index is 0. The lowest BCUT2D eigenvalue weighted by Gasteiger charge is -2.31. The van der Waals surface area contributed by atoms with Crippen LogP contribution >= 0.6 is 24.0 Å². The van der Waals surface area contributed by atoms with Gasteiger partial charge in [-0.3, -0.25) is 9.89 Å². The average Bonchev–Trinajstić information content (AvgIpc) is 3.21. The molecule has 5 nitrogen and oxygen atoms in total. The first kappa shape index (κ1) is 17.0. The zero-order valence-corrected chi connectivity index (χ0v) is 14.4. The van der Waals surface area contributed by atoms with Gasteiger partial charge in [0.05, 0.1) is 19.8 Å². The second kappa shape index (κ2) is 8.97. The largest absolute Gasteiger partial charge is 0.379 e. The summed E-state index contributed by atoms with van der Waals surface area (Å²) in [6, 6.07) is 1.14. The van der Waals surface area contributed by atoms with E-state index in [-0.39, 0.29) is 24.0 Å². The summed E-state index contributed by atoms with van der Waals surface area (Å²) in [6.45, 7) is 9.90. The van der Waals surface area contributed by atoms with Crippen molar-refractivity contribution in [3.63, 3.8) is 0 Å². The molecule has 6 heteroatoms. The molecule has 0 amide bonds. The molecule has 0 aromatic rings. The second-order valence-corrected chi connectivity index (χ2v) is 5.14. The summed E-state index contributed by atoms with van der Waals surface area (Å²) in [4.78, 5) is 7.13. The Bertz CT molecular complexity index is 278. The van der Waals surface area contributed by atoms with E-state index in [0.29, 0.717) is 12.1 Å². The van der Waals surface area contributed by atoms with Crippen molar-refractivity contribution in [2.75, 3.05) is 39.4 Å². The lowest BCUT2D eigenvalue weighted by Crippen LogP contribution is -2.44. The Morgan fingerprint density at radius 1 is 1.37 bits per heavy atom. The van der Waals surface area contributed by atoms with Crippen LogP contribution in [-0.2, 0) is 4.74 Å². The number of nitrogens with one attached hydrogen (secondary N) is 2. The molecule has 0 aromatic heterocycles. The highest BCUT2D eigenvalue weighted by atomic mass is 127. The van der Waals surface area contributed by atoms with E-state index >= 15 is 0 Å². The van der Waals surface area contributed by atoms with Gasteiger partial charge < -0.3 is 15.4 Å². The van der Waals surface area contributed by atoms with E-state index in [1.165, 1.54) is 12.8 Å².